The average Bonchev–Trinajstić information content (AvgIpc) is 3.11. The fourth-order valence-corrected chi connectivity index (χ4v) is 3.43. The van der Waals surface area contributed by atoms with Gasteiger partial charge in [-0.1, -0.05) is 0 Å². The highest BCUT2D eigenvalue weighted by Crippen LogP contribution is 2.13. The summed E-state index contributed by atoms with van der Waals surface area (Å²) in [7, 11) is 0. The van der Waals surface area contributed by atoms with Crippen molar-refractivity contribution in [3.63, 3.8) is 0 Å². The van der Waals surface area contributed by atoms with Crippen LogP contribution in [0.3, 0.4) is 0 Å². The van der Waals surface area contributed by atoms with Gasteiger partial charge in [-0.25, -0.2) is 9.97 Å². The van der Waals surface area contributed by atoms with Crippen LogP contribution in [0.4, 0.5) is 0 Å². The zero-order chi connectivity index (χ0) is 13.9. The first kappa shape index (κ1) is 13.7. The van der Waals surface area contributed by atoms with Gasteiger partial charge in [0.15, 0.2) is 0 Å². The van der Waals surface area contributed by atoms with Crippen LogP contribution in [0.25, 0.3) is 0 Å². The third-order valence-electron chi connectivity index (χ3n) is 3.36. The van der Waals surface area contributed by atoms with Crippen molar-refractivity contribution in [2.24, 2.45) is 0 Å². The van der Waals surface area contributed by atoms with Gasteiger partial charge in [0.25, 0.3) is 5.91 Å². The summed E-state index contributed by atoms with van der Waals surface area (Å²) in [5.74, 6) is 0.0513. The van der Waals surface area contributed by atoms with E-state index in [1.54, 1.807) is 16.8 Å². The molecule has 0 aliphatic carbocycles. The van der Waals surface area contributed by atoms with Gasteiger partial charge in [-0.2, -0.15) is 0 Å². The van der Waals surface area contributed by atoms with Crippen molar-refractivity contribution in [2.75, 3.05) is 26.2 Å². The number of rotatable bonds is 3. The van der Waals surface area contributed by atoms with Crippen LogP contribution in [0.2, 0.25) is 0 Å². The molecule has 0 spiro atoms. The Morgan fingerprint density at radius 3 is 2.70 bits per heavy atom. The van der Waals surface area contributed by atoms with Gasteiger partial charge in [0.05, 0.1) is 16.2 Å². The first-order valence-electron chi connectivity index (χ1n) is 6.53. The maximum atomic E-state index is 12.2. The highest BCUT2D eigenvalue weighted by atomic mass is 32.1. The fraction of sp³-hybridized carbons (Fsp3) is 0.462. The monoisotopic (exact) mass is 308 g/mol. The molecule has 0 unspecified atom stereocenters. The lowest BCUT2D eigenvalue weighted by Crippen LogP contribution is -2.48. The number of carbonyl (C=O) groups excluding carboxylic acids is 1. The van der Waals surface area contributed by atoms with E-state index in [1.807, 2.05) is 17.2 Å². The Morgan fingerprint density at radius 2 is 2.10 bits per heavy atom. The minimum atomic E-state index is 0.0513. The van der Waals surface area contributed by atoms with Gasteiger partial charge in [0.2, 0.25) is 0 Å². The molecule has 5 nitrogen and oxygen atoms in total. The van der Waals surface area contributed by atoms with E-state index in [0.29, 0.717) is 5.69 Å². The third-order valence-corrected chi connectivity index (χ3v) is 4.77. The highest BCUT2D eigenvalue weighted by molar-refractivity contribution is 7.09. The SMILES string of the molecule is Cc1nc(CN2CCN(C(=O)c3cscn3)CC2)cs1. The molecule has 1 saturated heterocycles. The number of hydrogen-bond donors (Lipinski definition) is 0. The van der Waals surface area contributed by atoms with Crippen molar-refractivity contribution in [3.8, 4) is 0 Å². The summed E-state index contributed by atoms with van der Waals surface area (Å²) >= 11 is 3.15. The Bertz CT molecular complexity index is 573. The summed E-state index contributed by atoms with van der Waals surface area (Å²) in [6.45, 7) is 6.22. The lowest BCUT2D eigenvalue weighted by atomic mass is 10.2. The Morgan fingerprint density at radius 1 is 1.30 bits per heavy atom. The molecule has 20 heavy (non-hydrogen) atoms. The van der Waals surface area contributed by atoms with Crippen LogP contribution >= 0.6 is 22.7 Å². The number of thiazole rings is 2. The topological polar surface area (TPSA) is 49.3 Å². The zero-order valence-corrected chi connectivity index (χ0v) is 12.9. The molecule has 1 amide bonds. The van der Waals surface area contributed by atoms with Crippen LogP contribution in [0.15, 0.2) is 16.3 Å². The molecule has 1 fully saturated rings. The average molecular weight is 308 g/mol. The van der Waals surface area contributed by atoms with Gasteiger partial charge >= 0.3 is 0 Å². The molecular formula is C13H16N4OS2. The second-order valence-corrected chi connectivity index (χ2v) is 6.58. The lowest BCUT2D eigenvalue weighted by Gasteiger charge is -2.34. The molecule has 2 aromatic heterocycles. The van der Waals surface area contributed by atoms with Gasteiger partial charge in [-0.05, 0) is 6.92 Å². The van der Waals surface area contributed by atoms with E-state index >= 15 is 0 Å². The second-order valence-electron chi connectivity index (χ2n) is 4.80. The molecule has 7 heteroatoms. The van der Waals surface area contributed by atoms with Crippen LogP contribution in [-0.4, -0.2) is 51.9 Å². The van der Waals surface area contributed by atoms with Crippen molar-refractivity contribution in [3.05, 3.63) is 32.7 Å². The normalized spacial score (nSPS) is 16.6. The summed E-state index contributed by atoms with van der Waals surface area (Å²) < 4.78 is 0. The Balaban J connectivity index is 1.53. The maximum absolute atomic E-state index is 12.2. The van der Waals surface area contributed by atoms with Gasteiger partial charge in [-0.15, -0.1) is 22.7 Å². The van der Waals surface area contributed by atoms with E-state index in [-0.39, 0.29) is 5.91 Å². The summed E-state index contributed by atoms with van der Waals surface area (Å²) in [4.78, 5) is 25.0. The largest absolute Gasteiger partial charge is 0.335 e. The Labute approximate surface area is 125 Å². The van der Waals surface area contributed by atoms with E-state index in [0.717, 1.165) is 43.4 Å². The molecule has 0 aromatic carbocycles. The molecule has 0 radical (unpaired) electrons. The number of aryl methyl sites for hydroxylation is 1. The first-order valence-corrected chi connectivity index (χ1v) is 8.35. The van der Waals surface area contributed by atoms with E-state index in [9.17, 15) is 4.79 Å². The van der Waals surface area contributed by atoms with Crippen LogP contribution in [-0.2, 0) is 6.54 Å². The number of nitrogens with zero attached hydrogens (tertiary/aromatic N) is 4. The minimum Gasteiger partial charge on any atom is -0.335 e. The van der Waals surface area contributed by atoms with Crippen LogP contribution in [0, 0.1) is 6.92 Å². The summed E-state index contributed by atoms with van der Waals surface area (Å²) in [6.07, 6.45) is 0. The summed E-state index contributed by atoms with van der Waals surface area (Å²) in [5, 5.41) is 5.03. The molecule has 1 aliphatic heterocycles. The maximum Gasteiger partial charge on any atom is 0.273 e. The van der Waals surface area contributed by atoms with Crippen molar-refractivity contribution in [1.82, 2.24) is 19.8 Å². The zero-order valence-electron chi connectivity index (χ0n) is 11.3. The predicted molar refractivity (Wildman–Crippen MR) is 80.1 cm³/mol. The molecule has 3 heterocycles. The molecule has 1 aliphatic rings. The van der Waals surface area contributed by atoms with Crippen molar-refractivity contribution in [1.29, 1.82) is 0 Å². The smallest absolute Gasteiger partial charge is 0.273 e. The first-order chi connectivity index (χ1) is 9.72. The predicted octanol–water partition coefficient (Wildman–Crippen LogP) is 1.87. The number of aromatic nitrogens is 2. The lowest BCUT2D eigenvalue weighted by molar-refractivity contribution is 0.0622. The van der Waals surface area contributed by atoms with Crippen LogP contribution in [0.1, 0.15) is 21.2 Å². The number of hydrogen-bond acceptors (Lipinski definition) is 6. The molecule has 3 rings (SSSR count). The Hall–Kier alpha value is -1.31. The van der Waals surface area contributed by atoms with Gasteiger partial charge in [0.1, 0.15) is 5.69 Å². The van der Waals surface area contributed by atoms with Gasteiger partial charge in [0, 0.05) is 43.5 Å². The molecule has 0 N–H and O–H groups in total. The number of amides is 1. The minimum absolute atomic E-state index is 0.0513. The number of piperazine rings is 1. The molecule has 2 aromatic rings. The van der Waals surface area contributed by atoms with E-state index in [1.165, 1.54) is 11.3 Å². The fourth-order valence-electron chi connectivity index (χ4n) is 2.30. The van der Waals surface area contributed by atoms with Crippen LogP contribution < -0.4 is 0 Å². The van der Waals surface area contributed by atoms with Crippen molar-refractivity contribution < 1.29 is 4.79 Å². The van der Waals surface area contributed by atoms with Gasteiger partial charge < -0.3 is 4.90 Å². The second kappa shape index (κ2) is 5.99. The van der Waals surface area contributed by atoms with E-state index in [4.69, 9.17) is 0 Å². The third kappa shape index (κ3) is 3.05. The number of carbonyl (C=O) groups is 1. The quantitative estimate of drug-likeness (QED) is 0.868. The molecule has 106 valence electrons. The van der Waals surface area contributed by atoms with Gasteiger partial charge in [-0.3, -0.25) is 9.69 Å². The van der Waals surface area contributed by atoms with E-state index < -0.39 is 0 Å². The Kier molecular flexibility index (Phi) is 4.09. The van der Waals surface area contributed by atoms with E-state index in [2.05, 4.69) is 20.2 Å². The molecule has 0 bridgehead atoms. The standard InChI is InChI=1S/C13H16N4OS2/c1-10-15-11(7-20-10)6-16-2-4-17(5-3-16)13(18)12-8-19-9-14-12/h7-9H,2-6H2,1H3. The summed E-state index contributed by atoms with van der Waals surface area (Å²) in [5.41, 5.74) is 3.40. The van der Waals surface area contributed by atoms with Crippen molar-refractivity contribution in [2.45, 2.75) is 13.5 Å². The van der Waals surface area contributed by atoms with Crippen molar-refractivity contribution >= 4 is 28.6 Å². The molecular weight excluding hydrogens is 292 g/mol. The van der Waals surface area contributed by atoms with Crippen LogP contribution in [0.5, 0.6) is 0 Å². The highest BCUT2D eigenvalue weighted by Gasteiger charge is 2.23. The summed E-state index contributed by atoms with van der Waals surface area (Å²) in [6, 6.07) is 0. The molecule has 0 atom stereocenters. The molecule has 0 saturated carbocycles.